The lowest BCUT2D eigenvalue weighted by atomic mass is 10.0. The fourth-order valence-electron chi connectivity index (χ4n) is 6.80. The van der Waals surface area contributed by atoms with Crippen LogP contribution in [-0.4, -0.2) is 37.2 Å². The van der Waals surface area contributed by atoms with E-state index in [1.807, 2.05) is 0 Å². The van der Waals surface area contributed by atoms with Gasteiger partial charge in [-0.15, -0.1) is 0 Å². The Bertz CT molecular complexity index is 781. The van der Waals surface area contributed by atoms with Crippen molar-refractivity contribution in [3.63, 3.8) is 0 Å². The smallest absolute Gasteiger partial charge is 0.306 e. The molecule has 0 saturated heterocycles. The van der Waals surface area contributed by atoms with Crippen LogP contribution in [0.4, 0.5) is 0 Å². The van der Waals surface area contributed by atoms with Crippen molar-refractivity contribution in [3.8, 4) is 0 Å². The zero-order valence-electron chi connectivity index (χ0n) is 35.3. The Morgan fingerprint density at radius 3 is 0.942 bits per heavy atom. The maximum atomic E-state index is 12.7. The first kappa shape index (κ1) is 50.4. The summed E-state index contributed by atoms with van der Waals surface area (Å²) in [6.45, 7) is 8.93. The average Bonchev–Trinajstić information content (AvgIpc) is 3.12. The molecule has 308 valence electrons. The van der Waals surface area contributed by atoms with Crippen molar-refractivity contribution in [2.45, 2.75) is 259 Å². The molecule has 1 atom stereocenters. The molecule has 0 saturated carbocycles. The first-order valence-corrected chi connectivity index (χ1v) is 22.9. The van der Waals surface area contributed by atoms with E-state index in [0.29, 0.717) is 19.3 Å². The Morgan fingerprint density at radius 1 is 0.365 bits per heavy atom. The highest BCUT2D eigenvalue weighted by Crippen LogP contribution is 2.16. The predicted octanol–water partition coefficient (Wildman–Crippen LogP) is 14.3. The van der Waals surface area contributed by atoms with Crippen LogP contribution in [0.25, 0.3) is 0 Å². The second-order valence-electron chi connectivity index (χ2n) is 16.2. The van der Waals surface area contributed by atoms with E-state index in [9.17, 15) is 14.4 Å². The molecular formula is C46H88O6. The van der Waals surface area contributed by atoms with Crippen LogP contribution >= 0.6 is 0 Å². The Balaban J connectivity index is 4.30. The number of rotatable bonds is 41. The van der Waals surface area contributed by atoms with Crippen molar-refractivity contribution >= 4 is 17.9 Å². The molecule has 0 N–H and O–H groups in total. The number of hydrogen-bond acceptors (Lipinski definition) is 6. The van der Waals surface area contributed by atoms with E-state index in [1.165, 1.54) is 148 Å². The van der Waals surface area contributed by atoms with Crippen molar-refractivity contribution in [3.05, 3.63) is 0 Å². The molecule has 0 radical (unpaired) electrons. The van der Waals surface area contributed by atoms with Crippen LogP contribution in [0.1, 0.15) is 252 Å². The lowest BCUT2D eigenvalue weighted by Gasteiger charge is -2.18. The molecule has 6 nitrogen and oxygen atoms in total. The standard InChI is InChI=1S/C46H88O6/c1-5-7-9-11-13-15-16-17-18-19-20-22-26-31-35-39-46(49)52-43(40-50-44(47)37-33-29-25-21-14-12-10-8-6-2)41-51-45(48)38-34-30-27-23-24-28-32-36-42(3)4/h42-43H,5-41H2,1-4H3/t43-/m1/s1. The fraction of sp³-hybridized carbons (Fsp3) is 0.935. The molecule has 0 fully saturated rings. The largest absolute Gasteiger partial charge is 0.462 e. The molecule has 0 aromatic heterocycles. The van der Waals surface area contributed by atoms with Gasteiger partial charge in [0.2, 0.25) is 0 Å². The zero-order valence-corrected chi connectivity index (χ0v) is 35.3. The van der Waals surface area contributed by atoms with Crippen molar-refractivity contribution < 1.29 is 28.6 Å². The van der Waals surface area contributed by atoms with E-state index in [4.69, 9.17) is 14.2 Å². The molecule has 0 aromatic carbocycles. The van der Waals surface area contributed by atoms with Gasteiger partial charge in [-0.3, -0.25) is 14.4 Å². The molecule has 0 aliphatic carbocycles. The summed E-state index contributed by atoms with van der Waals surface area (Å²) in [6, 6.07) is 0. The zero-order chi connectivity index (χ0) is 38.2. The predicted molar refractivity (Wildman–Crippen MR) is 220 cm³/mol. The molecule has 0 aliphatic rings. The Morgan fingerprint density at radius 2 is 0.635 bits per heavy atom. The quantitative estimate of drug-likeness (QED) is 0.0353. The van der Waals surface area contributed by atoms with E-state index in [-0.39, 0.29) is 31.1 Å². The minimum Gasteiger partial charge on any atom is -0.462 e. The number of carbonyl (C=O) groups excluding carboxylic acids is 3. The second-order valence-corrected chi connectivity index (χ2v) is 16.2. The molecule has 0 spiro atoms. The van der Waals surface area contributed by atoms with Crippen LogP contribution in [-0.2, 0) is 28.6 Å². The molecule has 6 heteroatoms. The van der Waals surface area contributed by atoms with Crippen LogP contribution in [0.2, 0.25) is 0 Å². The number of unbranched alkanes of at least 4 members (excludes halogenated alkanes) is 28. The number of esters is 3. The van der Waals surface area contributed by atoms with Gasteiger partial charge in [-0.05, 0) is 25.2 Å². The van der Waals surface area contributed by atoms with Gasteiger partial charge in [-0.25, -0.2) is 0 Å². The van der Waals surface area contributed by atoms with Crippen LogP contribution in [0.15, 0.2) is 0 Å². The van der Waals surface area contributed by atoms with Crippen molar-refractivity contribution in [1.29, 1.82) is 0 Å². The van der Waals surface area contributed by atoms with Crippen LogP contribution < -0.4 is 0 Å². The third-order valence-corrected chi connectivity index (χ3v) is 10.3. The number of hydrogen-bond donors (Lipinski definition) is 0. The lowest BCUT2D eigenvalue weighted by molar-refractivity contribution is -0.167. The highest BCUT2D eigenvalue weighted by atomic mass is 16.6. The van der Waals surface area contributed by atoms with Gasteiger partial charge in [0.1, 0.15) is 13.2 Å². The first-order chi connectivity index (χ1) is 25.4. The molecule has 0 unspecified atom stereocenters. The van der Waals surface area contributed by atoms with Gasteiger partial charge >= 0.3 is 17.9 Å². The van der Waals surface area contributed by atoms with E-state index < -0.39 is 6.10 Å². The molecular weight excluding hydrogens is 648 g/mol. The van der Waals surface area contributed by atoms with E-state index in [2.05, 4.69) is 27.7 Å². The molecule has 0 aliphatic heterocycles. The lowest BCUT2D eigenvalue weighted by Crippen LogP contribution is -2.30. The van der Waals surface area contributed by atoms with Crippen molar-refractivity contribution in [2.24, 2.45) is 5.92 Å². The van der Waals surface area contributed by atoms with Crippen LogP contribution in [0.5, 0.6) is 0 Å². The average molecular weight is 737 g/mol. The van der Waals surface area contributed by atoms with Crippen LogP contribution in [0.3, 0.4) is 0 Å². The Hall–Kier alpha value is -1.59. The maximum Gasteiger partial charge on any atom is 0.306 e. The maximum absolute atomic E-state index is 12.7. The normalized spacial score (nSPS) is 11.9. The van der Waals surface area contributed by atoms with Gasteiger partial charge in [0.05, 0.1) is 0 Å². The van der Waals surface area contributed by atoms with Gasteiger partial charge in [-0.2, -0.15) is 0 Å². The SMILES string of the molecule is CCCCCCCCCCCCCCCCCC(=O)O[C@H](COC(=O)CCCCCCCCCCC)COC(=O)CCCCCCCCCC(C)C. The second kappa shape index (κ2) is 40.6. The molecule has 0 heterocycles. The minimum absolute atomic E-state index is 0.0645. The first-order valence-electron chi connectivity index (χ1n) is 22.9. The Labute approximate surface area is 323 Å². The monoisotopic (exact) mass is 737 g/mol. The molecule has 0 amide bonds. The van der Waals surface area contributed by atoms with Gasteiger partial charge in [0.25, 0.3) is 0 Å². The van der Waals surface area contributed by atoms with Crippen molar-refractivity contribution in [1.82, 2.24) is 0 Å². The topological polar surface area (TPSA) is 78.9 Å². The van der Waals surface area contributed by atoms with E-state index in [0.717, 1.165) is 63.7 Å². The highest BCUT2D eigenvalue weighted by Gasteiger charge is 2.19. The molecule has 52 heavy (non-hydrogen) atoms. The summed E-state index contributed by atoms with van der Waals surface area (Å²) in [5, 5.41) is 0. The summed E-state index contributed by atoms with van der Waals surface area (Å²) in [6.07, 6.45) is 39.5. The van der Waals surface area contributed by atoms with Gasteiger partial charge < -0.3 is 14.2 Å². The number of carbonyl (C=O) groups is 3. The summed E-state index contributed by atoms with van der Waals surface area (Å²) < 4.78 is 16.7. The van der Waals surface area contributed by atoms with E-state index in [1.54, 1.807) is 0 Å². The third kappa shape index (κ3) is 39.6. The van der Waals surface area contributed by atoms with E-state index >= 15 is 0 Å². The van der Waals surface area contributed by atoms with Crippen LogP contribution in [0, 0.1) is 5.92 Å². The number of ether oxygens (including phenoxy) is 3. The van der Waals surface area contributed by atoms with Gasteiger partial charge in [-0.1, -0.05) is 214 Å². The highest BCUT2D eigenvalue weighted by molar-refractivity contribution is 5.71. The summed E-state index contributed by atoms with van der Waals surface area (Å²) in [7, 11) is 0. The third-order valence-electron chi connectivity index (χ3n) is 10.3. The molecule has 0 aromatic rings. The molecule has 0 rings (SSSR count). The molecule has 0 bridgehead atoms. The van der Waals surface area contributed by atoms with Gasteiger partial charge in [0.15, 0.2) is 6.10 Å². The summed E-state index contributed by atoms with van der Waals surface area (Å²) >= 11 is 0. The van der Waals surface area contributed by atoms with Gasteiger partial charge in [0, 0.05) is 19.3 Å². The summed E-state index contributed by atoms with van der Waals surface area (Å²) in [5.41, 5.74) is 0. The summed E-state index contributed by atoms with van der Waals surface area (Å²) in [5.74, 6) is -0.0769. The minimum atomic E-state index is -0.759. The fourth-order valence-corrected chi connectivity index (χ4v) is 6.80. The summed E-state index contributed by atoms with van der Waals surface area (Å²) in [4.78, 5) is 37.6. The van der Waals surface area contributed by atoms with Crippen molar-refractivity contribution in [2.75, 3.05) is 13.2 Å². The Kier molecular flexibility index (Phi) is 39.4.